The van der Waals surface area contributed by atoms with Crippen molar-refractivity contribution in [2.45, 2.75) is 33.7 Å². The third-order valence-corrected chi connectivity index (χ3v) is 4.19. The molecule has 0 amide bonds. The Morgan fingerprint density at radius 2 is 1.65 bits per heavy atom. The molecule has 0 saturated carbocycles. The fraction of sp³-hybridized carbons (Fsp3) is 0.444. The van der Waals surface area contributed by atoms with Crippen LogP contribution in [0.1, 0.15) is 24.7 Å². The van der Waals surface area contributed by atoms with Crippen molar-refractivity contribution in [2.75, 3.05) is 6.61 Å². The number of carbonyl (C=O) groups excluding carboxylic acids is 1. The second kappa shape index (κ2) is 7.15. The molecule has 138 valence electrons. The molecule has 26 heavy (non-hydrogen) atoms. The van der Waals surface area contributed by atoms with Crippen LogP contribution in [0.5, 0.6) is 0 Å². The molecule has 0 fully saturated rings. The van der Waals surface area contributed by atoms with E-state index in [9.17, 15) is 4.79 Å². The Bertz CT molecular complexity index is 934. The lowest BCUT2D eigenvalue weighted by atomic mass is 10.1. The highest BCUT2D eigenvalue weighted by atomic mass is 16.5. The zero-order valence-corrected chi connectivity index (χ0v) is 15.9. The highest BCUT2D eigenvalue weighted by Crippen LogP contribution is 2.29. The third-order valence-electron chi connectivity index (χ3n) is 4.19. The maximum absolute atomic E-state index is 11.8. The molecule has 3 aromatic heterocycles. The second-order valence-electron chi connectivity index (χ2n) is 6.30. The van der Waals surface area contributed by atoms with Gasteiger partial charge < -0.3 is 4.74 Å². The van der Waals surface area contributed by atoms with Crippen LogP contribution in [-0.4, -0.2) is 41.9 Å². The van der Waals surface area contributed by atoms with Crippen LogP contribution < -0.4 is 0 Å². The number of hydrogen-bond acceptors (Lipinski definition) is 5. The van der Waals surface area contributed by atoms with Gasteiger partial charge in [-0.2, -0.15) is 15.3 Å². The van der Waals surface area contributed by atoms with E-state index in [0.717, 1.165) is 33.9 Å². The molecule has 0 atom stereocenters. The summed E-state index contributed by atoms with van der Waals surface area (Å²) in [4.78, 5) is 11.8. The fourth-order valence-electron chi connectivity index (χ4n) is 3.07. The smallest absolute Gasteiger partial charge is 0.307 e. The second-order valence-corrected chi connectivity index (χ2v) is 6.30. The van der Waals surface area contributed by atoms with Gasteiger partial charge in [-0.25, -0.2) is 0 Å². The largest absolute Gasteiger partial charge is 0.466 e. The molecule has 3 heterocycles. The first kappa shape index (κ1) is 17.9. The van der Waals surface area contributed by atoms with Gasteiger partial charge in [0.2, 0.25) is 0 Å². The molecular weight excluding hydrogens is 332 g/mol. The zero-order chi connectivity index (χ0) is 18.8. The Balaban J connectivity index is 2.01. The van der Waals surface area contributed by atoms with Crippen LogP contribution in [0.2, 0.25) is 0 Å². The van der Waals surface area contributed by atoms with E-state index in [-0.39, 0.29) is 12.4 Å². The minimum atomic E-state index is -0.226. The van der Waals surface area contributed by atoms with Gasteiger partial charge in [-0.3, -0.25) is 18.8 Å². The van der Waals surface area contributed by atoms with Crippen LogP contribution in [-0.2, 0) is 30.2 Å². The predicted molar refractivity (Wildman–Crippen MR) is 97.4 cm³/mol. The normalized spacial score (nSPS) is 11.1. The van der Waals surface area contributed by atoms with Crippen molar-refractivity contribution >= 4 is 5.97 Å². The SMILES string of the molecule is CCOC(=O)CCn1nc(-c2cn(C)nc2C)cc1-c1cn(C)nc1C. The number of carbonyl (C=O) groups is 1. The molecule has 0 aliphatic heterocycles. The van der Waals surface area contributed by atoms with Gasteiger partial charge in [0.15, 0.2) is 0 Å². The first-order valence-corrected chi connectivity index (χ1v) is 8.63. The predicted octanol–water partition coefficient (Wildman–Crippen LogP) is 2.25. The van der Waals surface area contributed by atoms with E-state index in [1.807, 2.05) is 51.1 Å². The van der Waals surface area contributed by atoms with Gasteiger partial charge in [0.25, 0.3) is 0 Å². The van der Waals surface area contributed by atoms with E-state index < -0.39 is 0 Å². The van der Waals surface area contributed by atoms with E-state index in [4.69, 9.17) is 9.84 Å². The van der Waals surface area contributed by atoms with Crippen LogP contribution in [0.3, 0.4) is 0 Å². The standard InChI is InChI=1S/C18H24N6O2/c1-6-26-18(25)7-8-24-17(15-11-23(5)20-13(15)3)9-16(21-24)14-10-22(4)19-12(14)2/h9-11H,6-8H2,1-5H3. The van der Waals surface area contributed by atoms with E-state index in [2.05, 4.69) is 10.2 Å². The minimum absolute atomic E-state index is 0.226. The van der Waals surface area contributed by atoms with Crippen molar-refractivity contribution in [1.29, 1.82) is 0 Å². The lowest BCUT2D eigenvalue weighted by molar-refractivity contribution is -0.143. The maximum Gasteiger partial charge on any atom is 0.307 e. The van der Waals surface area contributed by atoms with E-state index in [1.165, 1.54) is 0 Å². The number of ether oxygens (including phenoxy) is 1. The van der Waals surface area contributed by atoms with Crippen molar-refractivity contribution in [3.05, 3.63) is 29.8 Å². The number of aryl methyl sites for hydroxylation is 5. The summed E-state index contributed by atoms with van der Waals surface area (Å²) >= 11 is 0. The Hall–Kier alpha value is -2.90. The number of nitrogens with zero attached hydrogens (tertiary/aromatic N) is 6. The summed E-state index contributed by atoms with van der Waals surface area (Å²) in [6.07, 6.45) is 4.19. The van der Waals surface area contributed by atoms with Crippen LogP contribution in [0, 0.1) is 13.8 Å². The molecular formula is C18H24N6O2. The summed E-state index contributed by atoms with van der Waals surface area (Å²) in [5.74, 6) is -0.226. The molecule has 0 N–H and O–H groups in total. The minimum Gasteiger partial charge on any atom is -0.466 e. The Labute approximate surface area is 152 Å². The molecule has 0 radical (unpaired) electrons. The topological polar surface area (TPSA) is 79.8 Å². The summed E-state index contributed by atoms with van der Waals surface area (Å²) < 4.78 is 10.4. The highest BCUT2D eigenvalue weighted by molar-refractivity contribution is 5.71. The van der Waals surface area contributed by atoms with Crippen LogP contribution in [0.25, 0.3) is 22.5 Å². The molecule has 0 aromatic carbocycles. The molecule has 0 aliphatic carbocycles. The molecule has 0 saturated heterocycles. The molecule has 0 unspecified atom stereocenters. The van der Waals surface area contributed by atoms with E-state index in [1.54, 1.807) is 16.3 Å². The summed E-state index contributed by atoms with van der Waals surface area (Å²) in [6, 6.07) is 2.03. The van der Waals surface area contributed by atoms with Crippen molar-refractivity contribution < 1.29 is 9.53 Å². The number of aromatic nitrogens is 6. The van der Waals surface area contributed by atoms with Gasteiger partial charge in [-0.1, -0.05) is 0 Å². The van der Waals surface area contributed by atoms with Crippen molar-refractivity contribution in [3.8, 4) is 22.5 Å². The summed E-state index contributed by atoms with van der Waals surface area (Å²) in [5, 5.41) is 13.6. The van der Waals surface area contributed by atoms with Gasteiger partial charge in [-0.15, -0.1) is 0 Å². The molecule has 0 bridgehead atoms. The average molecular weight is 356 g/mol. The van der Waals surface area contributed by atoms with Crippen LogP contribution >= 0.6 is 0 Å². The van der Waals surface area contributed by atoms with Gasteiger partial charge in [0.05, 0.1) is 42.3 Å². The lowest BCUT2D eigenvalue weighted by Crippen LogP contribution is -2.11. The average Bonchev–Trinajstić information content (AvgIpc) is 3.22. The molecule has 3 rings (SSSR count). The van der Waals surface area contributed by atoms with Gasteiger partial charge in [0, 0.05) is 37.6 Å². The number of esters is 1. The van der Waals surface area contributed by atoms with Gasteiger partial charge in [0.1, 0.15) is 0 Å². The molecule has 3 aromatic rings. The zero-order valence-electron chi connectivity index (χ0n) is 15.9. The summed E-state index contributed by atoms with van der Waals surface area (Å²) in [6.45, 7) is 6.56. The molecule has 0 spiro atoms. The summed E-state index contributed by atoms with van der Waals surface area (Å²) in [7, 11) is 3.78. The Kier molecular flexibility index (Phi) is 4.92. The molecule has 8 nitrogen and oxygen atoms in total. The quantitative estimate of drug-likeness (QED) is 0.633. The van der Waals surface area contributed by atoms with E-state index in [0.29, 0.717) is 13.2 Å². The Morgan fingerprint density at radius 3 is 2.19 bits per heavy atom. The summed E-state index contributed by atoms with van der Waals surface area (Å²) in [5.41, 5.74) is 5.56. The Morgan fingerprint density at radius 1 is 1.04 bits per heavy atom. The fourth-order valence-corrected chi connectivity index (χ4v) is 3.07. The number of hydrogen-bond donors (Lipinski definition) is 0. The van der Waals surface area contributed by atoms with Gasteiger partial charge >= 0.3 is 5.97 Å². The monoisotopic (exact) mass is 356 g/mol. The molecule has 0 aliphatic rings. The van der Waals surface area contributed by atoms with Crippen molar-refractivity contribution in [2.24, 2.45) is 14.1 Å². The van der Waals surface area contributed by atoms with Crippen molar-refractivity contribution in [3.63, 3.8) is 0 Å². The highest BCUT2D eigenvalue weighted by Gasteiger charge is 2.18. The third kappa shape index (κ3) is 3.54. The number of rotatable bonds is 6. The first-order valence-electron chi connectivity index (χ1n) is 8.63. The molecule has 8 heteroatoms. The van der Waals surface area contributed by atoms with E-state index >= 15 is 0 Å². The van der Waals surface area contributed by atoms with Gasteiger partial charge in [-0.05, 0) is 26.8 Å². The van der Waals surface area contributed by atoms with Crippen LogP contribution in [0.4, 0.5) is 0 Å². The maximum atomic E-state index is 11.8. The van der Waals surface area contributed by atoms with Crippen LogP contribution in [0.15, 0.2) is 18.5 Å². The van der Waals surface area contributed by atoms with Crippen molar-refractivity contribution in [1.82, 2.24) is 29.3 Å². The first-order chi connectivity index (χ1) is 12.4. The lowest BCUT2D eigenvalue weighted by Gasteiger charge is -2.06.